The summed E-state index contributed by atoms with van der Waals surface area (Å²) >= 11 is 0. The molecule has 1 rings (SSSR count). The van der Waals surface area contributed by atoms with E-state index in [2.05, 4.69) is 19.1 Å². The first-order valence-electron chi connectivity index (χ1n) is 10.3. The first kappa shape index (κ1) is 22.1. The van der Waals surface area contributed by atoms with Crippen LogP contribution >= 0.6 is 0 Å². The van der Waals surface area contributed by atoms with Crippen molar-refractivity contribution in [2.75, 3.05) is 0 Å². The van der Waals surface area contributed by atoms with Gasteiger partial charge in [0.15, 0.2) is 11.5 Å². The van der Waals surface area contributed by atoms with Gasteiger partial charge in [0.25, 0.3) is 0 Å². The molecule has 144 valence electrons. The van der Waals surface area contributed by atoms with Crippen molar-refractivity contribution in [2.45, 2.75) is 77.6 Å². The van der Waals surface area contributed by atoms with Gasteiger partial charge in [-0.3, -0.25) is 0 Å². The van der Waals surface area contributed by atoms with Crippen LogP contribution < -0.4 is 0 Å². The summed E-state index contributed by atoms with van der Waals surface area (Å²) in [5, 5.41) is 18.7. The molecule has 1 aromatic carbocycles. The molecule has 2 N–H and O–H groups in total. The van der Waals surface area contributed by atoms with Crippen molar-refractivity contribution in [3.8, 4) is 11.5 Å². The number of rotatable bonds is 14. The minimum atomic E-state index is -0.0903. The van der Waals surface area contributed by atoms with Crippen LogP contribution in [-0.4, -0.2) is 10.2 Å². The van der Waals surface area contributed by atoms with Crippen LogP contribution in [0.25, 0.3) is 6.08 Å². The van der Waals surface area contributed by atoms with Crippen molar-refractivity contribution in [3.05, 3.63) is 54.1 Å². The van der Waals surface area contributed by atoms with E-state index in [9.17, 15) is 10.2 Å². The largest absolute Gasteiger partial charge is 0.504 e. The predicted octanol–water partition coefficient (Wildman–Crippen LogP) is 7.53. The van der Waals surface area contributed by atoms with E-state index in [1.54, 1.807) is 12.1 Å². The van der Waals surface area contributed by atoms with E-state index < -0.39 is 0 Å². The van der Waals surface area contributed by atoms with Crippen LogP contribution in [0.5, 0.6) is 11.5 Å². The van der Waals surface area contributed by atoms with Crippen molar-refractivity contribution < 1.29 is 10.2 Å². The summed E-state index contributed by atoms with van der Waals surface area (Å²) in [5.41, 5.74) is 0.860. The summed E-state index contributed by atoms with van der Waals surface area (Å²) in [6, 6.07) is 4.80. The van der Waals surface area contributed by atoms with Crippen LogP contribution in [0.15, 0.2) is 48.6 Å². The van der Waals surface area contributed by atoms with Gasteiger partial charge in [-0.1, -0.05) is 107 Å². The Balaban J connectivity index is 1.99. The highest BCUT2D eigenvalue weighted by Gasteiger charge is 1.96. The van der Waals surface area contributed by atoms with Gasteiger partial charge in [0.1, 0.15) is 0 Å². The maximum Gasteiger partial charge on any atom is 0.157 e. The Bertz CT molecular complexity index is 555. The second kappa shape index (κ2) is 15.3. The fraction of sp³-hybridized carbons (Fsp3) is 0.500. The molecule has 0 amide bonds. The molecular weight excluding hydrogens is 320 g/mol. The molecule has 1 aromatic rings. The third-order valence-electron chi connectivity index (χ3n) is 4.48. The van der Waals surface area contributed by atoms with Crippen molar-refractivity contribution in [2.24, 2.45) is 0 Å². The van der Waals surface area contributed by atoms with Crippen LogP contribution in [0.4, 0.5) is 0 Å². The van der Waals surface area contributed by atoms with Crippen molar-refractivity contribution in [1.82, 2.24) is 0 Å². The van der Waals surface area contributed by atoms with Gasteiger partial charge in [0, 0.05) is 0 Å². The molecule has 0 aliphatic heterocycles. The smallest absolute Gasteiger partial charge is 0.157 e. The minimum Gasteiger partial charge on any atom is -0.504 e. The van der Waals surface area contributed by atoms with Crippen molar-refractivity contribution >= 4 is 6.08 Å². The zero-order valence-corrected chi connectivity index (χ0v) is 16.4. The zero-order chi connectivity index (χ0) is 18.9. The quantitative estimate of drug-likeness (QED) is 0.205. The fourth-order valence-corrected chi connectivity index (χ4v) is 2.86. The summed E-state index contributed by atoms with van der Waals surface area (Å²) in [4.78, 5) is 0. The first-order chi connectivity index (χ1) is 12.7. The summed E-state index contributed by atoms with van der Waals surface area (Å²) < 4.78 is 0. The van der Waals surface area contributed by atoms with E-state index in [0.717, 1.165) is 12.0 Å². The zero-order valence-electron chi connectivity index (χ0n) is 16.4. The Labute approximate surface area is 160 Å². The van der Waals surface area contributed by atoms with Crippen molar-refractivity contribution in [3.63, 3.8) is 0 Å². The summed E-state index contributed by atoms with van der Waals surface area (Å²) in [6.45, 7) is 2.27. The lowest BCUT2D eigenvalue weighted by Crippen LogP contribution is -1.81. The molecular formula is C24H36O2. The maximum atomic E-state index is 9.42. The Morgan fingerprint density at radius 3 is 1.96 bits per heavy atom. The van der Waals surface area contributed by atoms with Gasteiger partial charge in [-0.25, -0.2) is 0 Å². The molecule has 0 radical (unpaired) electrons. The second-order valence-electron chi connectivity index (χ2n) is 6.89. The molecule has 0 aliphatic rings. The first-order valence-corrected chi connectivity index (χ1v) is 10.3. The molecule has 0 unspecified atom stereocenters. The maximum absolute atomic E-state index is 9.42. The van der Waals surface area contributed by atoms with E-state index in [1.807, 2.05) is 24.3 Å². The highest BCUT2D eigenvalue weighted by atomic mass is 16.3. The molecule has 0 spiro atoms. The second-order valence-corrected chi connectivity index (χ2v) is 6.89. The molecule has 0 saturated carbocycles. The van der Waals surface area contributed by atoms with Crippen LogP contribution in [0.3, 0.4) is 0 Å². The lowest BCUT2D eigenvalue weighted by atomic mass is 10.1. The van der Waals surface area contributed by atoms with E-state index in [-0.39, 0.29) is 11.5 Å². The average Bonchev–Trinajstić information content (AvgIpc) is 2.64. The number of unbranched alkanes of at least 4 members (excludes halogenated alkanes) is 10. The highest BCUT2D eigenvalue weighted by Crippen LogP contribution is 2.25. The molecule has 0 fully saturated rings. The Kier molecular flexibility index (Phi) is 13.0. The van der Waals surface area contributed by atoms with Gasteiger partial charge in [0.05, 0.1) is 0 Å². The highest BCUT2D eigenvalue weighted by molar-refractivity contribution is 5.56. The van der Waals surface area contributed by atoms with Gasteiger partial charge in [-0.2, -0.15) is 0 Å². The molecule has 2 heteroatoms. The van der Waals surface area contributed by atoms with Crippen molar-refractivity contribution in [1.29, 1.82) is 0 Å². The van der Waals surface area contributed by atoms with Gasteiger partial charge < -0.3 is 10.2 Å². The molecule has 26 heavy (non-hydrogen) atoms. The summed E-state index contributed by atoms with van der Waals surface area (Å²) in [7, 11) is 0. The topological polar surface area (TPSA) is 40.5 Å². The van der Waals surface area contributed by atoms with Gasteiger partial charge in [0.2, 0.25) is 0 Å². The number of allylic oxidation sites excluding steroid dienone is 5. The Morgan fingerprint density at radius 2 is 1.31 bits per heavy atom. The summed E-state index contributed by atoms with van der Waals surface area (Å²) in [5.74, 6) is -0.180. The molecule has 0 saturated heterocycles. The van der Waals surface area contributed by atoms with Gasteiger partial charge >= 0.3 is 0 Å². The lowest BCUT2D eigenvalue weighted by molar-refractivity contribution is 0.403. The minimum absolute atomic E-state index is 0.0902. The third-order valence-corrected chi connectivity index (χ3v) is 4.48. The Hall–Kier alpha value is -1.96. The van der Waals surface area contributed by atoms with E-state index in [0.29, 0.717) is 0 Å². The third kappa shape index (κ3) is 11.6. The molecule has 2 nitrogen and oxygen atoms in total. The van der Waals surface area contributed by atoms with E-state index in [1.165, 1.54) is 70.3 Å². The van der Waals surface area contributed by atoms with Crippen LogP contribution in [0.1, 0.15) is 83.1 Å². The molecule has 0 aliphatic carbocycles. The lowest BCUT2D eigenvalue weighted by Gasteiger charge is -2.01. The number of phenolic OH excluding ortho intramolecular Hbond substituents is 2. The van der Waals surface area contributed by atoms with Gasteiger partial charge in [-0.05, 0) is 30.5 Å². The number of benzene rings is 1. The van der Waals surface area contributed by atoms with Crippen LogP contribution in [0.2, 0.25) is 0 Å². The molecule has 0 aromatic heterocycles. The monoisotopic (exact) mass is 356 g/mol. The number of phenols is 2. The predicted molar refractivity (Wildman–Crippen MR) is 114 cm³/mol. The van der Waals surface area contributed by atoms with E-state index in [4.69, 9.17) is 0 Å². The number of hydrogen-bond acceptors (Lipinski definition) is 2. The van der Waals surface area contributed by atoms with Crippen LogP contribution in [-0.2, 0) is 0 Å². The summed E-state index contributed by atoms with van der Waals surface area (Å²) in [6.07, 6.45) is 27.1. The fourth-order valence-electron chi connectivity index (χ4n) is 2.86. The SMILES string of the molecule is CCCCCCCCCCCC/C=C/C=C/C=C/c1ccc(O)c(O)c1. The molecule has 0 heterocycles. The standard InChI is InChI=1S/C24H36O2/c1-2-3-4-5-6-7-8-9-10-11-12-13-14-15-16-17-18-22-19-20-23(25)24(26)21-22/h13-21,25-26H,2-12H2,1H3/b14-13+,16-15+,18-17+. The molecule has 0 bridgehead atoms. The van der Waals surface area contributed by atoms with Crippen LogP contribution in [0, 0.1) is 0 Å². The normalized spacial score (nSPS) is 12.0. The Morgan fingerprint density at radius 1 is 0.692 bits per heavy atom. The molecule has 0 atom stereocenters. The van der Waals surface area contributed by atoms with E-state index >= 15 is 0 Å². The van der Waals surface area contributed by atoms with Gasteiger partial charge in [-0.15, -0.1) is 0 Å². The average molecular weight is 357 g/mol. The number of aromatic hydroxyl groups is 2. The number of hydrogen-bond donors (Lipinski definition) is 2.